The Kier molecular flexibility index (Phi) is 3.46. The van der Waals surface area contributed by atoms with E-state index in [1.807, 2.05) is 12.1 Å². The molecule has 0 spiro atoms. The van der Waals surface area contributed by atoms with E-state index >= 15 is 0 Å². The molecule has 1 aliphatic heterocycles. The first-order chi connectivity index (χ1) is 7.78. The summed E-state index contributed by atoms with van der Waals surface area (Å²) in [5.41, 5.74) is 1.23. The lowest BCUT2D eigenvalue weighted by atomic mass is 9.93. The summed E-state index contributed by atoms with van der Waals surface area (Å²) in [6.45, 7) is 1.97. The van der Waals surface area contributed by atoms with E-state index in [1.165, 1.54) is 5.56 Å². The Hall–Kier alpha value is -1.06. The fraction of sp³-hybridized carbons (Fsp3) is 0.538. The maximum absolute atomic E-state index is 5.67. The van der Waals surface area contributed by atoms with Crippen molar-refractivity contribution in [2.45, 2.75) is 18.4 Å². The molecular formula is C13H19NO2. The van der Waals surface area contributed by atoms with Gasteiger partial charge in [-0.15, -0.1) is 0 Å². The van der Waals surface area contributed by atoms with Crippen LogP contribution in [-0.4, -0.2) is 32.9 Å². The van der Waals surface area contributed by atoms with Crippen molar-refractivity contribution in [1.82, 2.24) is 5.32 Å². The highest BCUT2D eigenvalue weighted by molar-refractivity contribution is 5.29. The van der Waals surface area contributed by atoms with Gasteiger partial charge in [0.05, 0.1) is 12.7 Å². The first-order valence-corrected chi connectivity index (χ1v) is 5.67. The van der Waals surface area contributed by atoms with Crippen molar-refractivity contribution in [1.29, 1.82) is 0 Å². The molecule has 1 atom stereocenters. The van der Waals surface area contributed by atoms with Crippen LogP contribution in [0.15, 0.2) is 24.3 Å². The quantitative estimate of drug-likeness (QED) is 0.838. The first kappa shape index (κ1) is 11.4. The van der Waals surface area contributed by atoms with E-state index in [1.54, 1.807) is 14.2 Å². The Balaban J connectivity index is 2.12. The normalized spacial score (nSPS) is 24.6. The van der Waals surface area contributed by atoms with Crippen LogP contribution in [0, 0.1) is 0 Å². The zero-order valence-electron chi connectivity index (χ0n) is 9.95. The molecule has 1 saturated heterocycles. The van der Waals surface area contributed by atoms with Crippen LogP contribution in [0.1, 0.15) is 12.0 Å². The summed E-state index contributed by atoms with van der Waals surface area (Å²) in [5, 5.41) is 3.36. The van der Waals surface area contributed by atoms with Crippen molar-refractivity contribution >= 4 is 0 Å². The van der Waals surface area contributed by atoms with Crippen LogP contribution in [-0.2, 0) is 11.2 Å². The fourth-order valence-electron chi connectivity index (χ4n) is 2.27. The number of ether oxygens (including phenoxy) is 2. The van der Waals surface area contributed by atoms with Crippen LogP contribution in [0.3, 0.4) is 0 Å². The second-order valence-corrected chi connectivity index (χ2v) is 4.34. The molecule has 0 aliphatic carbocycles. The fourth-order valence-corrected chi connectivity index (χ4v) is 2.27. The zero-order valence-corrected chi connectivity index (χ0v) is 9.95. The van der Waals surface area contributed by atoms with Crippen LogP contribution in [0.2, 0.25) is 0 Å². The molecule has 1 aromatic rings. The van der Waals surface area contributed by atoms with Crippen LogP contribution in [0.25, 0.3) is 0 Å². The van der Waals surface area contributed by atoms with Crippen LogP contribution < -0.4 is 10.1 Å². The molecule has 1 fully saturated rings. The first-order valence-electron chi connectivity index (χ1n) is 5.67. The van der Waals surface area contributed by atoms with Gasteiger partial charge >= 0.3 is 0 Å². The minimum absolute atomic E-state index is 0.0354. The van der Waals surface area contributed by atoms with Gasteiger partial charge in [-0.3, -0.25) is 0 Å². The van der Waals surface area contributed by atoms with E-state index in [0.717, 1.165) is 31.7 Å². The van der Waals surface area contributed by atoms with Crippen molar-refractivity contribution in [3.05, 3.63) is 29.8 Å². The molecule has 1 N–H and O–H groups in total. The molecular weight excluding hydrogens is 202 g/mol. The zero-order chi connectivity index (χ0) is 11.4. The molecule has 1 aliphatic rings. The highest BCUT2D eigenvalue weighted by Gasteiger charge is 2.33. The van der Waals surface area contributed by atoms with E-state index in [0.29, 0.717) is 0 Å². The Morgan fingerprint density at radius 1 is 1.38 bits per heavy atom. The molecule has 0 saturated carbocycles. The van der Waals surface area contributed by atoms with Crippen molar-refractivity contribution in [3.8, 4) is 5.75 Å². The highest BCUT2D eigenvalue weighted by Crippen LogP contribution is 2.25. The summed E-state index contributed by atoms with van der Waals surface area (Å²) >= 11 is 0. The third-order valence-corrected chi connectivity index (χ3v) is 3.30. The van der Waals surface area contributed by atoms with Crippen LogP contribution in [0.4, 0.5) is 0 Å². The van der Waals surface area contributed by atoms with Gasteiger partial charge < -0.3 is 14.8 Å². The van der Waals surface area contributed by atoms with Crippen LogP contribution in [0.5, 0.6) is 5.75 Å². The Morgan fingerprint density at radius 2 is 2.25 bits per heavy atom. The molecule has 0 aromatic heterocycles. The van der Waals surface area contributed by atoms with Gasteiger partial charge in [-0.25, -0.2) is 0 Å². The SMILES string of the molecule is COc1cccc(CC2(OC)CCNC2)c1. The summed E-state index contributed by atoms with van der Waals surface area (Å²) in [6, 6.07) is 8.20. The maximum atomic E-state index is 5.67. The van der Waals surface area contributed by atoms with Gasteiger partial charge in [0.1, 0.15) is 5.75 Å². The molecule has 1 aromatic carbocycles. The van der Waals surface area contributed by atoms with E-state index in [2.05, 4.69) is 17.4 Å². The summed E-state index contributed by atoms with van der Waals surface area (Å²) in [5.74, 6) is 0.912. The third kappa shape index (κ3) is 2.36. The molecule has 0 amide bonds. The predicted octanol–water partition coefficient (Wildman–Crippen LogP) is 1.62. The second-order valence-electron chi connectivity index (χ2n) is 4.34. The summed E-state index contributed by atoms with van der Waals surface area (Å²) < 4.78 is 10.9. The highest BCUT2D eigenvalue weighted by atomic mass is 16.5. The van der Waals surface area contributed by atoms with Gasteiger partial charge in [-0.05, 0) is 30.7 Å². The van der Waals surface area contributed by atoms with Crippen molar-refractivity contribution in [2.75, 3.05) is 27.3 Å². The molecule has 3 heteroatoms. The van der Waals surface area contributed by atoms with Gasteiger partial charge in [-0.2, -0.15) is 0 Å². The average Bonchev–Trinajstić information content (AvgIpc) is 2.78. The van der Waals surface area contributed by atoms with Gasteiger partial charge in [0.15, 0.2) is 0 Å². The summed E-state index contributed by atoms with van der Waals surface area (Å²) in [4.78, 5) is 0. The van der Waals surface area contributed by atoms with Crippen molar-refractivity contribution in [3.63, 3.8) is 0 Å². The van der Waals surface area contributed by atoms with Crippen molar-refractivity contribution in [2.24, 2.45) is 0 Å². The number of hydrogen-bond acceptors (Lipinski definition) is 3. The standard InChI is InChI=1S/C13H19NO2/c1-15-12-5-3-4-11(8-12)9-13(16-2)6-7-14-10-13/h3-5,8,14H,6-7,9-10H2,1-2H3. The third-order valence-electron chi connectivity index (χ3n) is 3.30. The molecule has 88 valence electrons. The molecule has 1 heterocycles. The van der Waals surface area contributed by atoms with Gasteiger partial charge in [0, 0.05) is 20.1 Å². The van der Waals surface area contributed by atoms with Gasteiger partial charge in [0.25, 0.3) is 0 Å². The predicted molar refractivity (Wildman–Crippen MR) is 63.9 cm³/mol. The maximum Gasteiger partial charge on any atom is 0.119 e. The molecule has 0 bridgehead atoms. The lowest BCUT2D eigenvalue weighted by Gasteiger charge is -2.26. The van der Waals surface area contributed by atoms with E-state index in [-0.39, 0.29) is 5.60 Å². The smallest absolute Gasteiger partial charge is 0.119 e. The lowest BCUT2D eigenvalue weighted by Crippen LogP contribution is -2.36. The van der Waals surface area contributed by atoms with Gasteiger partial charge in [0.2, 0.25) is 0 Å². The van der Waals surface area contributed by atoms with Gasteiger partial charge in [-0.1, -0.05) is 12.1 Å². The Morgan fingerprint density at radius 3 is 2.88 bits per heavy atom. The number of hydrogen-bond donors (Lipinski definition) is 1. The molecule has 1 unspecified atom stereocenters. The average molecular weight is 221 g/mol. The minimum Gasteiger partial charge on any atom is -0.497 e. The topological polar surface area (TPSA) is 30.5 Å². The number of methoxy groups -OCH3 is 2. The number of benzene rings is 1. The Bertz CT molecular complexity index is 346. The van der Waals surface area contributed by atoms with Crippen molar-refractivity contribution < 1.29 is 9.47 Å². The monoisotopic (exact) mass is 221 g/mol. The van der Waals surface area contributed by atoms with E-state index in [4.69, 9.17) is 9.47 Å². The van der Waals surface area contributed by atoms with Crippen LogP contribution >= 0.6 is 0 Å². The van der Waals surface area contributed by atoms with E-state index in [9.17, 15) is 0 Å². The summed E-state index contributed by atoms with van der Waals surface area (Å²) in [7, 11) is 3.50. The molecule has 3 nitrogen and oxygen atoms in total. The molecule has 0 radical (unpaired) electrons. The minimum atomic E-state index is -0.0354. The second kappa shape index (κ2) is 4.85. The summed E-state index contributed by atoms with van der Waals surface area (Å²) in [6.07, 6.45) is 2.01. The largest absolute Gasteiger partial charge is 0.497 e. The molecule has 2 rings (SSSR count). The lowest BCUT2D eigenvalue weighted by molar-refractivity contribution is 0.00773. The Labute approximate surface area is 96.8 Å². The number of rotatable bonds is 4. The molecule has 16 heavy (non-hydrogen) atoms. The number of nitrogens with one attached hydrogen (secondary N) is 1. The van der Waals surface area contributed by atoms with E-state index < -0.39 is 0 Å².